The molecule has 142 valence electrons. The minimum atomic E-state index is -0.232. The zero-order chi connectivity index (χ0) is 19.7. The summed E-state index contributed by atoms with van der Waals surface area (Å²) in [6.45, 7) is 5.96. The number of pyridine rings is 2. The molecule has 4 aromatic heterocycles. The lowest BCUT2D eigenvalue weighted by Gasteiger charge is -2.14. The highest BCUT2D eigenvalue weighted by Crippen LogP contribution is 2.27. The topological polar surface area (TPSA) is 85.8 Å². The number of furan rings is 1. The molecule has 0 fully saturated rings. The number of fused-ring (bicyclic) bond motifs is 1. The second kappa shape index (κ2) is 7.26. The smallest absolute Gasteiger partial charge is 0.252 e. The summed E-state index contributed by atoms with van der Waals surface area (Å²) in [4.78, 5) is 22.1. The third-order valence-corrected chi connectivity index (χ3v) is 4.55. The Morgan fingerprint density at radius 2 is 2.04 bits per heavy atom. The van der Waals surface area contributed by atoms with Gasteiger partial charge in [0.25, 0.3) is 5.91 Å². The molecule has 0 spiro atoms. The minimum absolute atomic E-state index is 0.111. The fourth-order valence-electron chi connectivity index (χ4n) is 3.11. The molecule has 1 amide bonds. The first kappa shape index (κ1) is 17.9. The van der Waals surface area contributed by atoms with E-state index < -0.39 is 0 Å². The van der Waals surface area contributed by atoms with Crippen LogP contribution in [0.3, 0.4) is 0 Å². The molecule has 0 aliphatic carbocycles. The second-order valence-electron chi connectivity index (χ2n) is 6.90. The van der Waals surface area contributed by atoms with E-state index in [4.69, 9.17) is 9.40 Å². The van der Waals surface area contributed by atoms with Crippen molar-refractivity contribution < 1.29 is 9.21 Å². The van der Waals surface area contributed by atoms with Crippen LogP contribution in [0.5, 0.6) is 0 Å². The number of carbonyl (C=O) groups is 1. The summed E-state index contributed by atoms with van der Waals surface area (Å²) in [5, 5.41) is 8.15. The zero-order valence-electron chi connectivity index (χ0n) is 16.0. The van der Waals surface area contributed by atoms with Gasteiger partial charge in [-0.05, 0) is 51.1 Å². The Bertz CT molecular complexity index is 1100. The lowest BCUT2D eigenvalue weighted by molar-refractivity contribution is 0.0940. The van der Waals surface area contributed by atoms with Gasteiger partial charge in [-0.25, -0.2) is 9.67 Å². The lowest BCUT2D eigenvalue weighted by Crippen LogP contribution is -2.27. The Hall–Kier alpha value is -3.48. The summed E-state index contributed by atoms with van der Waals surface area (Å²) in [6, 6.07) is 10.9. The van der Waals surface area contributed by atoms with Crippen molar-refractivity contribution in [3.05, 3.63) is 66.3 Å². The molecular formula is C21H21N5O2. The van der Waals surface area contributed by atoms with Crippen LogP contribution in [-0.2, 0) is 0 Å². The first-order valence-electron chi connectivity index (χ1n) is 9.18. The summed E-state index contributed by atoms with van der Waals surface area (Å²) in [5.41, 5.74) is 2.55. The highest BCUT2D eigenvalue weighted by Gasteiger charge is 2.21. The van der Waals surface area contributed by atoms with Crippen LogP contribution in [0.25, 0.3) is 22.5 Å². The van der Waals surface area contributed by atoms with Crippen LogP contribution >= 0.6 is 0 Å². The highest BCUT2D eigenvalue weighted by atomic mass is 16.3. The minimum Gasteiger partial charge on any atom is -0.463 e. The first-order chi connectivity index (χ1) is 13.5. The van der Waals surface area contributed by atoms with Crippen LogP contribution < -0.4 is 5.32 Å². The molecular weight excluding hydrogens is 354 g/mol. The van der Waals surface area contributed by atoms with E-state index in [0.29, 0.717) is 28.1 Å². The van der Waals surface area contributed by atoms with Crippen molar-refractivity contribution in [2.75, 3.05) is 0 Å². The predicted molar refractivity (Wildman–Crippen MR) is 106 cm³/mol. The zero-order valence-corrected chi connectivity index (χ0v) is 16.0. The second-order valence-corrected chi connectivity index (χ2v) is 6.90. The van der Waals surface area contributed by atoms with E-state index in [1.165, 1.54) is 0 Å². The van der Waals surface area contributed by atoms with Crippen LogP contribution in [0.15, 0.2) is 59.5 Å². The van der Waals surface area contributed by atoms with Gasteiger partial charge in [0.05, 0.1) is 35.1 Å². The van der Waals surface area contributed by atoms with E-state index in [-0.39, 0.29) is 18.0 Å². The van der Waals surface area contributed by atoms with Crippen LogP contribution in [0, 0.1) is 0 Å². The van der Waals surface area contributed by atoms with E-state index in [1.54, 1.807) is 35.5 Å². The van der Waals surface area contributed by atoms with Crippen molar-refractivity contribution >= 4 is 16.9 Å². The fourth-order valence-corrected chi connectivity index (χ4v) is 3.11. The number of carbonyl (C=O) groups excluding carboxylic acids is 1. The van der Waals surface area contributed by atoms with Gasteiger partial charge in [0.2, 0.25) is 0 Å². The molecule has 0 aliphatic heterocycles. The number of amides is 1. The maximum atomic E-state index is 13.1. The Kier molecular flexibility index (Phi) is 4.65. The first-order valence-corrected chi connectivity index (χ1v) is 9.18. The summed E-state index contributed by atoms with van der Waals surface area (Å²) in [6.07, 6.45) is 4.99. The largest absolute Gasteiger partial charge is 0.463 e. The number of rotatable bonds is 5. The molecule has 7 heteroatoms. The quantitative estimate of drug-likeness (QED) is 0.566. The van der Waals surface area contributed by atoms with Gasteiger partial charge in [-0.2, -0.15) is 5.10 Å². The molecule has 4 aromatic rings. The van der Waals surface area contributed by atoms with Crippen LogP contribution in [0.2, 0.25) is 0 Å². The van der Waals surface area contributed by atoms with Gasteiger partial charge in [0.15, 0.2) is 11.4 Å². The number of aromatic nitrogens is 4. The molecule has 7 nitrogen and oxygen atoms in total. The van der Waals surface area contributed by atoms with Gasteiger partial charge in [0.1, 0.15) is 5.69 Å². The Balaban J connectivity index is 1.77. The highest BCUT2D eigenvalue weighted by molar-refractivity contribution is 6.06. The molecule has 4 rings (SSSR count). The molecule has 1 atom stereocenters. The number of nitrogens with zero attached hydrogens (tertiary/aromatic N) is 4. The molecule has 0 saturated heterocycles. The summed E-state index contributed by atoms with van der Waals surface area (Å²) in [5.74, 6) is 0.395. The van der Waals surface area contributed by atoms with Crippen molar-refractivity contribution in [1.82, 2.24) is 25.1 Å². The van der Waals surface area contributed by atoms with E-state index in [2.05, 4.69) is 15.4 Å². The third kappa shape index (κ3) is 3.26. The molecule has 0 aliphatic rings. The van der Waals surface area contributed by atoms with Gasteiger partial charge < -0.3 is 9.73 Å². The van der Waals surface area contributed by atoms with Crippen LogP contribution in [-0.4, -0.2) is 25.7 Å². The van der Waals surface area contributed by atoms with E-state index in [1.807, 2.05) is 45.0 Å². The van der Waals surface area contributed by atoms with E-state index >= 15 is 0 Å². The van der Waals surface area contributed by atoms with Crippen molar-refractivity contribution in [3.8, 4) is 11.5 Å². The van der Waals surface area contributed by atoms with Gasteiger partial charge in [-0.3, -0.25) is 9.78 Å². The summed E-state index contributed by atoms with van der Waals surface area (Å²) < 4.78 is 7.30. The molecule has 0 radical (unpaired) electrons. The maximum absolute atomic E-state index is 13.1. The van der Waals surface area contributed by atoms with Gasteiger partial charge in [0, 0.05) is 12.2 Å². The van der Waals surface area contributed by atoms with Gasteiger partial charge in [-0.1, -0.05) is 6.07 Å². The van der Waals surface area contributed by atoms with Crippen molar-refractivity contribution in [3.63, 3.8) is 0 Å². The molecule has 28 heavy (non-hydrogen) atoms. The summed E-state index contributed by atoms with van der Waals surface area (Å²) >= 11 is 0. The Labute approximate surface area is 162 Å². The van der Waals surface area contributed by atoms with Crippen LogP contribution in [0.1, 0.15) is 48.9 Å². The molecule has 1 N–H and O–H groups in total. The van der Waals surface area contributed by atoms with E-state index in [9.17, 15) is 4.79 Å². The molecule has 0 bridgehead atoms. The van der Waals surface area contributed by atoms with Crippen LogP contribution in [0.4, 0.5) is 0 Å². The van der Waals surface area contributed by atoms with Crippen molar-refractivity contribution in [1.29, 1.82) is 0 Å². The predicted octanol–water partition coefficient (Wildman–Crippen LogP) is 4.16. The average molecular weight is 375 g/mol. The monoisotopic (exact) mass is 375 g/mol. The number of nitrogens with one attached hydrogen (secondary N) is 1. The number of hydrogen-bond acceptors (Lipinski definition) is 5. The molecule has 4 heterocycles. The normalized spacial score (nSPS) is 12.4. The van der Waals surface area contributed by atoms with Gasteiger partial charge in [-0.15, -0.1) is 0 Å². The van der Waals surface area contributed by atoms with Gasteiger partial charge >= 0.3 is 0 Å². The Morgan fingerprint density at radius 3 is 2.71 bits per heavy atom. The fraction of sp³-hybridized carbons (Fsp3) is 0.238. The molecule has 0 saturated carbocycles. The van der Waals surface area contributed by atoms with E-state index in [0.717, 1.165) is 5.69 Å². The number of hydrogen-bond donors (Lipinski definition) is 1. The summed E-state index contributed by atoms with van der Waals surface area (Å²) in [7, 11) is 0. The third-order valence-electron chi connectivity index (χ3n) is 4.55. The van der Waals surface area contributed by atoms with Crippen molar-refractivity contribution in [2.45, 2.75) is 32.9 Å². The van der Waals surface area contributed by atoms with Crippen molar-refractivity contribution in [2.24, 2.45) is 0 Å². The molecule has 0 unspecified atom stereocenters. The average Bonchev–Trinajstić information content (AvgIpc) is 3.37. The maximum Gasteiger partial charge on any atom is 0.252 e. The standard InChI is InChI=1S/C21H21N5O2/c1-13(2)26-20-16(12-23-26)15(11-18(25-20)19-8-6-10-28-19)21(27)24-14(3)17-7-4-5-9-22-17/h4-14H,1-3H3,(H,24,27)/t14-/m1/s1. The lowest BCUT2D eigenvalue weighted by atomic mass is 10.1. The molecule has 0 aromatic carbocycles. The SMILES string of the molecule is CC(C)n1ncc2c(C(=O)N[C@H](C)c3ccccn3)cc(-c3ccco3)nc21. The Morgan fingerprint density at radius 1 is 1.18 bits per heavy atom.